The zero-order valence-electron chi connectivity index (χ0n) is 10.5. The maximum Gasteiger partial charge on any atom is 0.315 e. The Hall–Kier alpha value is -1.49. The van der Waals surface area contributed by atoms with Gasteiger partial charge < -0.3 is 20.2 Å². The fraction of sp³-hybridized carbons (Fsp3) is 0.583. The first kappa shape index (κ1) is 13.6. The lowest BCUT2D eigenvalue weighted by Gasteiger charge is -2.23. The molecule has 0 radical (unpaired) electrons. The SMILES string of the molecule is CC(C)NC(=O)NCC(C)(O)Cc1ccco1. The van der Waals surface area contributed by atoms with Crippen molar-refractivity contribution in [3.8, 4) is 0 Å². The van der Waals surface area contributed by atoms with Crippen LogP contribution in [0.1, 0.15) is 26.5 Å². The van der Waals surface area contributed by atoms with Gasteiger partial charge >= 0.3 is 6.03 Å². The van der Waals surface area contributed by atoms with Gasteiger partial charge in [-0.2, -0.15) is 0 Å². The molecule has 3 N–H and O–H groups in total. The van der Waals surface area contributed by atoms with E-state index in [1.54, 1.807) is 25.3 Å². The second-order valence-corrected chi connectivity index (χ2v) is 4.73. The van der Waals surface area contributed by atoms with E-state index in [1.807, 2.05) is 13.8 Å². The van der Waals surface area contributed by atoms with E-state index in [2.05, 4.69) is 10.6 Å². The minimum Gasteiger partial charge on any atom is -0.469 e. The lowest BCUT2D eigenvalue weighted by Crippen LogP contribution is -2.47. The van der Waals surface area contributed by atoms with Gasteiger partial charge in [-0.15, -0.1) is 0 Å². The molecular weight excluding hydrogens is 220 g/mol. The second kappa shape index (κ2) is 5.72. The summed E-state index contributed by atoms with van der Waals surface area (Å²) in [6.07, 6.45) is 1.92. The van der Waals surface area contributed by atoms with Crippen molar-refractivity contribution in [2.75, 3.05) is 6.54 Å². The van der Waals surface area contributed by atoms with Gasteiger partial charge in [-0.05, 0) is 32.9 Å². The van der Waals surface area contributed by atoms with Crippen molar-refractivity contribution < 1.29 is 14.3 Å². The average Bonchev–Trinajstić information content (AvgIpc) is 2.66. The maximum atomic E-state index is 11.3. The number of nitrogens with one attached hydrogen (secondary N) is 2. The number of furan rings is 1. The number of urea groups is 1. The summed E-state index contributed by atoms with van der Waals surface area (Å²) >= 11 is 0. The highest BCUT2D eigenvalue weighted by atomic mass is 16.3. The molecule has 0 bridgehead atoms. The van der Waals surface area contributed by atoms with Gasteiger partial charge in [-0.3, -0.25) is 0 Å². The highest BCUT2D eigenvalue weighted by molar-refractivity contribution is 5.74. The lowest BCUT2D eigenvalue weighted by molar-refractivity contribution is 0.0571. The summed E-state index contributed by atoms with van der Waals surface area (Å²) < 4.78 is 5.15. The molecule has 0 saturated carbocycles. The van der Waals surface area contributed by atoms with E-state index in [0.29, 0.717) is 12.2 Å². The van der Waals surface area contributed by atoms with Crippen LogP contribution in [-0.2, 0) is 6.42 Å². The van der Waals surface area contributed by atoms with Crippen LogP contribution in [0.3, 0.4) is 0 Å². The number of hydrogen-bond acceptors (Lipinski definition) is 3. The summed E-state index contributed by atoms with van der Waals surface area (Å²) in [6, 6.07) is 3.36. The van der Waals surface area contributed by atoms with Crippen molar-refractivity contribution in [1.82, 2.24) is 10.6 Å². The Morgan fingerprint density at radius 3 is 2.82 bits per heavy atom. The van der Waals surface area contributed by atoms with E-state index in [4.69, 9.17) is 4.42 Å². The van der Waals surface area contributed by atoms with Crippen LogP contribution in [-0.4, -0.2) is 29.3 Å². The molecule has 1 atom stereocenters. The smallest absolute Gasteiger partial charge is 0.315 e. The molecule has 5 nitrogen and oxygen atoms in total. The largest absolute Gasteiger partial charge is 0.469 e. The van der Waals surface area contributed by atoms with Crippen molar-refractivity contribution >= 4 is 6.03 Å². The van der Waals surface area contributed by atoms with Crippen molar-refractivity contribution in [3.05, 3.63) is 24.2 Å². The van der Waals surface area contributed by atoms with Gasteiger partial charge in [-0.1, -0.05) is 0 Å². The van der Waals surface area contributed by atoms with Crippen LogP contribution in [0.5, 0.6) is 0 Å². The summed E-state index contributed by atoms with van der Waals surface area (Å²) in [5, 5.41) is 15.4. The molecule has 0 aromatic carbocycles. The number of carbonyl (C=O) groups excluding carboxylic acids is 1. The second-order valence-electron chi connectivity index (χ2n) is 4.73. The molecule has 96 valence electrons. The summed E-state index contributed by atoms with van der Waals surface area (Å²) in [5.41, 5.74) is -1.02. The van der Waals surface area contributed by atoms with Crippen molar-refractivity contribution in [2.24, 2.45) is 0 Å². The van der Waals surface area contributed by atoms with Gasteiger partial charge in [0, 0.05) is 19.0 Å². The van der Waals surface area contributed by atoms with Crippen molar-refractivity contribution in [2.45, 2.75) is 38.8 Å². The van der Waals surface area contributed by atoms with E-state index in [0.717, 1.165) is 0 Å². The van der Waals surface area contributed by atoms with Gasteiger partial charge in [-0.25, -0.2) is 4.79 Å². The average molecular weight is 240 g/mol. The van der Waals surface area contributed by atoms with Crippen LogP contribution in [0.15, 0.2) is 22.8 Å². The maximum absolute atomic E-state index is 11.3. The summed E-state index contributed by atoms with van der Waals surface area (Å²) in [7, 11) is 0. The van der Waals surface area contributed by atoms with Crippen molar-refractivity contribution in [1.29, 1.82) is 0 Å². The molecule has 0 spiro atoms. The summed E-state index contributed by atoms with van der Waals surface area (Å²) in [6.45, 7) is 5.58. The van der Waals surface area contributed by atoms with Crippen LogP contribution < -0.4 is 10.6 Å². The minimum atomic E-state index is -1.02. The molecule has 0 aliphatic rings. The highest BCUT2D eigenvalue weighted by Crippen LogP contribution is 2.12. The van der Waals surface area contributed by atoms with E-state index >= 15 is 0 Å². The third kappa shape index (κ3) is 5.40. The minimum absolute atomic E-state index is 0.0741. The lowest BCUT2D eigenvalue weighted by atomic mass is 10.0. The molecule has 1 rings (SSSR count). The third-order valence-corrected chi connectivity index (χ3v) is 2.18. The highest BCUT2D eigenvalue weighted by Gasteiger charge is 2.23. The quantitative estimate of drug-likeness (QED) is 0.725. The molecule has 1 unspecified atom stereocenters. The van der Waals surface area contributed by atoms with Gasteiger partial charge in [0.1, 0.15) is 5.76 Å². The topological polar surface area (TPSA) is 74.5 Å². The molecule has 1 aromatic heterocycles. The Balaban J connectivity index is 2.36. The summed E-state index contributed by atoms with van der Waals surface area (Å²) in [4.78, 5) is 11.3. The fourth-order valence-corrected chi connectivity index (χ4v) is 1.43. The standard InChI is InChI=1S/C12H20N2O3/c1-9(2)14-11(15)13-8-12(3,16)7-10-5-4-6-17-10/h4-6,9,16H,7-8H2,1-3H3,(H2,13,14,15). The van der Waals surface area contributed by atoms with Gasteiger partial charge in [0.25, 0.3) is 0 Å². The number of aliphatic hydroxyl groups is 1. The van der Waals surface area contributed by atoms with E-state index in [1.165, 1.54) is 0 Å². The number of amides is 2. The van der Waals surface area contributed by atoms with Gasteiger partial charge in [0.15, 0.2) is 0 Å². The van der Waals surface area contributed by atoms with Crippen LogP contribution in [0, 0.1) is 0 Å². The zero-order chi connectivity index (χ0) is 12.9. The first-order valence-corrected chi connectivity index (χ1v) is 5.68. The predicted molar refractivity (Wildman–Crippen MR) is 64.7 cm³/mol. The van der Waals surface area contributed by atoms with Crippen molar-refractivity contribution in [3.63, 3.8) is 0 Å². The van der Waals surface area contributed by atoms with Gasteiger partial charge in [0.2, 0.25) is 0 Å². The van der Waals surface area contributed by atoms with Crippen LogP contribution in [0.25, 0.3) is 0 Å². The molecule has 17 heavy (non-hydrogen) atoms. The molecule has 2 amide bonds. The Bertz CT molecular complexity index is 345. The number of hydrogen-bond donors (Lipinski definition) is 3. The van der Waals surface area contributed by atoms with E-state index in [9.17, 15) is 9.90 Å². The summed E-state index contributed by atoms with van der Waals surface area (Å²) in [5.74, 6) is 0.695. The molecule has 0 aliphatic heterocycles. The molecule has 0 saturated heterocycles. The van der Waals surface area contributed by atoms with Gasteiger partial charge in [0.05, 0.1) is 11.9 Å². The first-order valence-electron chi connectivity index (χ1n) is 5.68. The number of carbonyl (C=O) groups is 1. The van der Waals surface area contributed by atoms with E-state index < -0.39 is 5.60 Å². The molecule has 1 heterocycles. The Morgan fingerprint density at radius 1 is 1.59 bits per heavy atom. The Morgan fingerprint density at radius 2 is 2.29 bits per heavy atom. The van der Waals surface area contributed by atoms with Crippen LogP contribution >= 0.6 is 0 Å². The molecule has 1 aromatic rings. The Labute approximate surface area is 101 Å². The number of rotatable bonds is 5. The Kier molecular flexibility index (Phi) is 4.57. The molecule has 0 aliphatic carbocycles. The van der Waals surface area contributed by atoms with Crippen LogP contribution in [0.2, 0.25) is 0 Å². The third-order valence-electron chi connectivity index (χ3n) is 2.18. The normalized spacial score (nSPS) is 14.4. The molecular formula is C12H20N2O3. The monoisotopic (exact) mass is 240 g/mol. The fourth-order valence-electron chi connectivity index (χ4n) is 1.43. The molecule has 0 fully saturated rings. The zero-order valence-corrected chi connectivity index (χ0v) is 10.5. The molecule has 5 heteroatoms. The van der Waals surface area contributed by atoms with E-state index in [-0.39, 0.29) is 18.6 Å². The predicted octanol–water partition coefficient (Wildman–Crippen LogP) is 1.28. The van der Waals surface area contributed by atoms with Crippen LogP contribution in [0.4, 0.5) is 4.79 Å². The first-order chi connectivity index (χ1) is 7.89.